The van der Waals surface area contributed by atoms with Gasteiger partial charge in [0, 0.05) is 6.04 Å². The van der Waals surface area contributed by atoms with Crippen molar-refractivity contribution in [3.63, 3.8) is 0 Å². The Bertz CT molecular complexity index is 466. The van der Waals surface area contributed by atoms with Crippen LogP contribution in [0.5, 0.6) is 0 Å². The van der Waals surface area contributed by atoms with Crippen LogP contribution < -0.4 is 0 Å². The molecule has 0 aliphatic carbocycles. The molecule has 0 saturated heterocycles. The molecule has 0 unspecified atom stereocenters. The zero-order valence-electron chi connectivity index (χ0n) is 9.26. The van der Waals surface area contributed by atoms with E-state index in [0.29, 0.717) is 0 Å². The van der Waals surface area contributed by atoms with Crippen LogP contribution in [0, 0.1) is 35.5 Å². The number of allylic oxidation sites excluding steroid dienone is 3. The van der Waals surface area contributed by atoms with Gasteiger partial charge in [0.25, 0.3) is 0 Å². The first-order chi connectivity index (χ1) is 7.33. The van der Waals surface area contributed by atoms with Crippen molar-refractivity contribution in [1.29, 1.82) is 0 Å². The summed E-state index contributed by atoms with van der Waals surface area (Å²) in [6.07, 6.45) is 3.93. The number of hydrogen-bond donors (Lipinski definition) is 0. The Morgan fingerprint density at radius 3 is 2.53 bits per heavy atom. The van der Waals surface area contributed by atoms with Crippen LogP contribution >= 0.6 is 0 Å². The summed E-state index contributed by atoms with van der Waals surface area (Å²) in [4.78, 5) is 1.90. The Morgan fingerprint density at radius 1 is 1.13 bits per heavy atom. The summed E-state index contributed by atoms with van der Waals surface area (Å²) in [5.41, 5.74) is 0.905. The van der Waals surface area contributed by atoms with E-state index in [9.17, 15) is 0 Å². The monoisotopic (exact) mass is 193 g/mol. The van der Waals surface area contributed by atoms with Crippen LogP contribution in [0.15, 0.2) is 23.8 Å². The predicted octanol–water partition coefficient (Wildman–Crippen LogP) is 1.84. The van der Waals surface area contributed by atoms with Gasteiger partial charge in [0.2, 0.25) is 0 Å². The topological polar surface area (TPSA) is 3.24 Å². The molecule has 0 spiro atoms. The highest BCUT2D eigenvalue weighted by atomic mass is 15.0. The highest BCUT2D eigenvalue weighted by Crippen LogP contribution is 2.11. The first-order valence-corrected chi connectivity index (χ1v) is 4.78. The lowest BCUT2D eigenvalue weighted by Crippen LogP contribution is -2.34. The van der Waals surface area contributed by atoms with Gasteiger partial charge in [-0.2, -0.15) is 0 Å². The highest BCUT2D eigenvalue weighted by molar-refractivity contribution is 6.71. The maximum atomic E-state index is 3.09. The summed E-state index contributed by atoms with van der Waals surface area (Å²) in [5.74, 6) is 16.8. The first kappa shape index (κ1) is 11.1. The van der Waals surface area contributed by atoms with Gasteiger partial charge in [-0.25, -0.2) is 0 Å². The molecule has 2 heteroatoms. The summed E-state index contributed by atoms with van der Waals surface area (Å²) >= 11 is 0. The Labute approximate surface area is 92.3 Å². The quantitative estimate of drug-likeness (QED) is 0.419. The van der Waals surface area contributed by atoms with E-state index in [1.807, 2.05) is 43.7 Å². The Hall–Kier alpha value is -1.98. The van der Waals surface area contributed by atoms with Crippen molar-refractivity contribution in [2.45, 2.75) is 20.8 Å². The summed E-state index contributed by atoms with van der Waals surface area (Å²) in [7, 11) is 0. The van der Waals surface area contributed by atoms with Crippen LogP contribution in [0.2, 0.25) is 0 Å². The second-order valence-electron chi connectivity index (χ2n) is 2.88. The lowest BCUT2D eigenvalue weighted by molar-refractivity contribution is 0.796. The molecule has 0 fully saturated rings. The van der Waals surface area contributed by atoms with Crippen molar-refractivity contribution in [1.82, 2.24) is 4.81 Å². The molecule has 0 bridgehead atoms. The van der Waals surface area contributed by atoms with E-state index in [1.54, 1.807) is 0 Å². The number of nitrogens with zero attached hydrogens (tertiary/aromatic N) is 1. The molecule has 1 aliphatic rings. The summed E-state index contributed by atoms with van der Waals surface area (Å²) in [6, 6.07) is 3.01. The molecule has 0 saturated carbocycles. The van der Waals surface area contributed by atoms with Crippen LogP contribution in [0.4, 0.5) is 0 Å². The lowest BCUT2D eigenvalue weighted by atomic mass is 9.59. The molecule has 0 radical (unpaired) electrons. The van der Waals surface area contributed by atoms with E-state index < -0.39 is 0 Å². The third-order valence-electron chi connectivity index (χ3n) is 1.86. The molecule has 1 aliphatic heterocycles. The van der Waals surface area contributed by atoms with Gasteiger partial charge < -0.3 is 4.81 Å². The second-order valence-corrected chi connectivity index (χ2v) is 2.88. The first-order valence-electron chi connectivity index (χ1n) is 4.78. The Morgan fingerprint density at radius 2 is 1.93 bits per heavy atom. The lowest BCUT2D eigenvalue weighted by Gasteiger charge is -2.21. The van der Waals surface area contributed by atoms with Gasteiger partial charge >= 0.3 is 6.85 Å². The van der Waals surface area contributed by atoms with Gasteiger partial charge in [0.15, 0.2) is 0 Å². The van der Waals surface area contributed by atoms with E-state index >= 15 is 0 Å². The highest BCUT2D eigenvalue weighted by Gasteiger charge is 2.21. The molecule has 1 rings (SSSR count). The maximum absolute atomic E-state index is 3.09. The average molecular weight is 193 g/mol. The average Bonchev–Trinajstić information content (AvgIpc) is 2.23. The van der Waals surface area contributed by atoms with Crippen LogP contribution in [0.1, 0.15) is 20.8 Å². The van der Waals surface area contributed by atoms with Gasteiger partial charge in [-0.15, -0.1) is 11.7 Å². The van der Waals surface area contributed by atoms with Gasteiger partial charge in [-0.3, -0.25) is 0 Å². The van der Waals surface area contributed by atoms with Crippen molar-refractivity contribution in [3.8, 4) is 35.5 Å². The third-order valence-corrected chi connectivity index (χ3v) is 1.86. The molecular weight excluding hydrogens is 181 g/mol. The molecule has 1 heterocycles. The van der Waals surface area contributed by atoms with Gasteiger partial charge in [0.05, 0.1) is 5.70 Å². The van der Waals surface area contributed by atoms with Crippen molar-refractivity contribution >= 4 is 6.85 Å². The summed E-state index contributed by atoms with van der Waals surface area (Å²) < 4.78 is 0. The van der Waals surface area contributed by atoms with E-state index in [-0.39, 0.29) is 6.85 Å². The van der Waals surface area contributed by atoms with E-state index in [1.165, 1.54) is 0 Å². The van der Waals surface area contributed by atoms with Crippen LogP contribution in [-0.2, 0) is 0 Å². The largest absolute Gasteiger partial charge is 0.381 e. The Balaban J connectivity index is 3.07. The van der Waals surface area contributed by atoms with Crippen molar-refractivity contribution in [3.05, 3.63) is 23.8 Å². The zero-order chi connectivity index (χ0) is 11.1. The molecule has 0 amide bonds. The maximum Gasteiger partial charge on any atom is 0.381 e. The second kappa shape index (κ2) is 5.69. The molecule has 0 aromatic carbocycles. The zero-order valence-corrected chi connectivity index (χ0v) is 9.26. The van der Waals surface area contributed by atoms with Crippen LogP contribution in [0.25, 0.3) is 0 Å². The minimum atomic E-state index is 0.0169. The van der Waals surface area contributed by atoms with E-state index in [2.05, 4.69) is 35.5 Å². The Kier molecular flexibility index (Phi) is 4.21. The molecule has 0 N–H and O–H groups in total. The molecule has 0 aromatic heterocycles. The molecule has 0 aromatic rings. The minimum absolute atomic E-state index is 0.0169. The fraction of sp³-hybridized carbons (Fsp3) is 0.231. The van der Waals surface area contributed by atoms with Gasteiger partial charge in [0.1, 0.15) is 0 Å². The predicted molar refractivity (Wildman–Crippen MR) is 65.2 cm³/mol. The SMILES string of the molecule is CC#CB1C=CC=C(C#CC)N1C#CC. The van der Waals surface area contributed by atoms with Gasteiger partial charge in [-0.05, 0) is 32.8 Å². The minimum Gasteiger partial charge on any atom is -0.321 e. The fourth-order valence-corrected chi connectivity index (χ4v) is 1.31. The molecule has 0 atom stereocenters. The number of hydrogen-bond acceptors (Lipinski definition) is 1. The standard InChI is InChI=1S/C13H12BN/c1-4-8-13-9-7-11-14(10-5-2)15(13)12-6-3/h7,9,11H,1-3H3. The van der Waals surface area contributed by atoms with Crippen LogP contribution in [0.3, 0.4) is 0 Å². The van der Waals surface area contributed by atoms with E-state index in [4.69, 9.17) is 0 Å². The summed E-state index contributed by atoms with van der Waals surface area (Å²) in [5, 5.41) is 0. The normalized spacial score (nSPS) is 12.6. The van der Waals surface area contributed by atoms with E-state index in [0.717, 1.165) is 5.70 Å². The molecule has 1 nitrogen and oxygen atoms in total. The fourth-order valence-electron chi connectivity index (χ4n) is 1.31. The van der Waals surface area contributed by atoms with Gasteiger partial charge in [-0.1, -0.05) is 23.9 Å². The summed E-state index contributed by atoms with van der Waals surface area (Å²) in [6.45, 7) is 5.47. The third kappa shape index (κ3) is 2.73. The molecular formula is C13H12BN. The van der Waals surface area contributed by atoms with Crippen LogP contribution in [-0.4, -0.2) is 11.7 Å². The van der Waals surface area contributed by atoms with Crippen molar-refractivity contribution in [2.24, 2.45) is 0 Å². The molecule has 15 heavy (non-hydrogen) atoms. The van der Waals surface area contributed by atoms with Crippen molar-refractivity contribution < 1.29 is 0 Å². The van der Waals surface area contributed by atoms with Crippen molar-refractivity contribution in [2.75, 3.05) is 0 Å². The number of rotatable bonds is 0. The smallest absolute Gasteiger partial charge is 0.321 e. The molecule has 72 valence electrons.